The average molecular weight is 473 g/mol. The van der Waals surface area contributed by atoms with E-state index in [4.69, 9.17) is 0 Å². The SMILES string of the molecule is COC(=O)/C=C(/Nc1c(Br)cc2c(c1Br)OC(F)(F)O2)C(=O)OC. The van der Waals surface area contributed by atoms with E-state index in [-0.39, 0.29) is 31.8 Å². The van der Waals surface area contributed by atoms with Gasteiger partial charge in [-0.25, -0.2) is 9.59 Å². The molecule has 130 valence electrons. The molecular weight excluding hydrogens is 464 g/mol. The molecule has 1 aromatic rings. The van der Waals surface area contributed by atoms with Crippen molar-refractivity contribution in [1.82, 2.24) is 0 Å². The van der Waals surface area contributed by atoms with Crippen molar-refractivity contribution in [2.24, 2.45) is 0 Å². The Morgan fingerprint density at radius 1 is 1.25 bits per heavy atom. The van der Waals surface area contributed by atoms with Crippen LogP contribution in [0.25, 0.3) is 0 Å². The maximum atomic E-state index is 13.2. The van der Waals surface area contributed by atoms with Crippen molar-refractivity contribution in [1.29, 1.82) is 0 Å². The molecule has 0 unspecified atom stereocenters. The molecule has 0 bridgehead atoms. The number of esters is 2. The van der Waals surface area contributed by atoms with E-state index in [0.29, 0.717) is 0 Å². The van der Waals surface area contributed by atoms with Crippen molar-refractivity contribution in [3.8, 4) is 11.5 Å². The Hall–Kier alpha value is -1.88. The van der Waals surface area contributed by atoms with Gasteiger partial charge in [-0.1, -0.05) is 0 Å². The largest absolute Gasteiger partial charge is 0.586 e. The molecule has 0 radical (unpaired) electrons. The Morgan fingerprint density at radius 2 is 1.92 bits per heavy atom. The number of benzene rings is 1. The van der Waals surface area contributed by atoms with Crippen molar-refractivity contribution < 1.29 is 37.3 Å². The van der Waals surface area contributed by atoms with E-state index in [1.165, 1.54) is 6.07 Å². The van der Waals surface area contributed by atoms with Crippen LogP contribution in [0.15, 0.2) is 26.8 Å². The van der Waals surface area contributed by atoms with Gasteiger partial charge < -0.3 is 24.3 Å². The zero-order chi connectivity index (χ0) is 18.1. The summed E-state index contributed by atoms with van der Waals surface area (Å²) in [5.74, 6) is -2.17. The summed E-state index contributed by atoms with van der Waals surface area (Å²) in [5, 5.41) is 2.60. The Morgan fingerprint density at radius 3 is 2.50 bits per heavy atom. The van der Waals surface area contributed by atoms with E-state index in [0.717, 1.165) is 20.3 Å². The normalized spacial score (nSPS) is 15.0. The van der Waals surface area contributed by atoms with Gasteiger partial charge in [-0.2, -0.15) is 0 Å². The fourth-order valence-corrected chi connectivity index (χ4v) is 3.06. The van der Waals surface area contributed by atoms with Crippen molar-refractivity contribution in [2.45, 2.75) is 6.29 Å². The van der Waals surface area contributed by atoms with Crippen LogP contribution in [0.4, 0.5) is 14.5 Å². The topological polar surface area (TPSA) is 83.1 Å². The number of hydrogen-bond acceptors (Lipinski definition) is 7. The third-order valence-corrected chi connectivity index (χ3v) is 4.10. The quantitative estimate of drug-likeness (QED) is 0.532. The summed E-state index contributed by atoms with van der Waals surface area (Å²) in [4.78, 5) is 23.1. The molecule has 1 N–H and O–H groups in total. The molecule has 0 saturated carbocycles. The summed E-state index contributed by atoms with van der Waals surface area (Å²) in [6.45, 7) is 0. The molecule has 0 fully saturated rings. The minimum absolute atomic E-state index is 0.0451. The lowest BCUT2D eigenvalue weighted by molar-refractivity contribution is -0.286. The van der Waals surface area contributed by atoms with Crippen LogP contribution < -0.4 is 14.8 Å². The minimum atomic E-state index is -3.81. The Kier molecular flexibility index (Phi) is 5.33. The summed E-state index contributed by atoms with van der Waals surface area (Å²) in [6, 6.07) is 1.22. The third-order valence-electron chi connectivity index (χ3n) is 2.72. The second-order valence-corrected chi connectivity index (χ2v) is 5.89. The number of halogens is 4. The molecule has 7 nitrogen and oxygen atoms in total. The molecule has 11 heteroatoms. The number of fused-ring (bicyclic) bond motifs is 1. The highest BCUT2D eigenvalue weighted by Gasteiger charge is 2.45. The zero-order valence-corrected chi connectivity index (χ0v) is 15.3. The molecule has 0 amide bonds. The van der Waals surface area contributed by atoms with Crippen LogP contribution in [0.2, 0.25) is 0 Å². The van der Waals surface area contributed by atoms with Crippen LogP contribution in [0.1, 0.15) is 0 Å². The standard InChI is InChI=1S/C13H9Br2F2NO6/c1-21-8(19)4-6(12(20)22-2)18-10-5(14)3-7-11(9(10)15)24-13(16,17)23-7/h3-4,18H,1-2H3/b6-4+. The molecule has 0 spiro atoms. The Balaban J connectivity index is 2.44. The maximum Gasteiger partial charge on any atom is 0.586 e. The van der Waals surface area contributed by atoms with Gasteiger partial charge in [0.25, 0.3) is 0 Å². The van der Waals surface area contributed by atoms with Gasteiger partial charge in [0.1, 0.15) is 5.70 Å². The van der Waals surface area contributed by atoms with E-state index < -0.39 is 18.2 Å². The van der Waals surface area contributed by atoms with Crippen LogP contribution in [0.3, 0.4) is 0 Å². The number of ether oxygens (including phenoxy) is 4. The lowest BCUT2D eigenvalue weighted by atomic mass is 10.2. The predicted molar refractivity (Wildman–Crippen MR) is 83.8 cm³/mol. The Labute approximate surface area is 151 Å². The van der Waals surface area contributed by atoms with Crippen LogP contribution in [-0.4, -0.2) is 32.5 Å². The number of rotatable bonds is 4. The summed E-state index contributed by atoms with van der Waals surface area (Å²) in [6.07, 6.45) is -2.96. The van der Waals surface area contributed by atoms with Gasteiger partial charge >= 0.3 is 18.2 Å². The smallest absolute Gasteiger partial charge is 0.466 e. The van der Waals surface area contributed by atoms with E-state index in [9.17, 15) is 18.4 Å². The monoisotopic (exact) mass is 471 g/mol. The summed E-state index contributed by atoms with van der Waals surface area (Å²) in [7, 11) is 2.24. The number of hydrogen-bond donors (Lipinski definition) is 1. The van der Waals surface area contributed by atoms with Crippen LogP contribution in [0, 0.1) is 0 Å². The first-order valence-corrected chi connectivity index (χ1v) is 7.70. The highest BCUT2D eigenvalue weighted by molar-refractivity contribution is 9.11. The van der Waals surface area contributed by atoms with Gasteiger partial charge in [-0.3, -0.25) is 0 Å². The maximum absolute atomic E-state index is 13.2. The first-order chi connectivity index (χ1) is 11.2. The molecule has 1 aliphatic rings. The van der Waals surface area contributed by atoms with Gasteiger partial charge in [-0.05, 0) is 31.9 Å². The summed E-state index contributed by atoms with van der Waals surface area (Å²) >= 11 is 6.24. The molecule has 1 heterocycles. The molecule has 2 rings (SSSR count). The van der Waals surface area contributed by atoms with Gasteiger partial charge in [-0.15, -0.1) is 8.78 Å². The van der Waals surface area contributed by atoms with Crippen LogP contribution in [0.5, 0.6) is 11.5 Å². The van der Waals surface area contributed by atoms with Crippen LogP contribution in [-0.2, 0) is 19.1 Å². The number of alkyl halides is 2. The number of anilines is 1. The molecule has 1 aromatic carbocycles. The first-order valence-electron chi connectivity index (χ1n) is 6.11. The van der Waals surface area contributed by atoms with Crippen molar-refractivity contribution in [3.63, 3.8) is 0 Å². The number of methoxy groups -OCH3 is 2. The summed E-state index contributed by atoms with van der Waals surface area (Å²) in [5.41, 5.74) is -0.146. The lowest BCUT2D eigenvalue weighted by Gasteiger charge is -2.13. The second kappa shape index (κ2) is 6.93. The van der Waals surface area contributed by atoms with E-state index in [1.807, 2.05) is 0 Å². The zero-order valence-electron chi connectivity index (χ0n) is 12.1. The third kappa shape index (κ3) is 3.78. The van der Waals surface area contributed by atoms with Gasteiger partial charge in [0.15, 0.2) is 11.5 Å². The van der Waals surface area contributed by atoms with Crippen molar-refractivity contribution in [2.75, 3.05) is 19.5 Å². The molecule has 0 aromatic heterocycles. The van der Waals surface area contributed by atoms with Gasteiger partial charge in [0.05, 0.1) is 30.5 Å². The van der Waals surface area contributed by atoms with E-state index in [2.05, 4.69) is 56.1 Å². The van der Waals surface area contributed by atoms with E-state index in [1.54, 1.807) is 0 Å². The molecule has 0 atom stereocenters. The average Bonchev–Trinajstić information content (AvgIpc) is 2.83. The highest BCUT2D eigenvalue weighted by Crippen LogP contribution is 2.51. The Bertz CT molecular complexity index is 738. The van der Waals surface area contributed by atoms with E-state index >= 15 is 0 Å². The number of carbonyl (C=O) groups excluding carboxylic acids is 2. The van der Waals surface area contributed by atoms with Crippen molar-refractivity contribution >= 4 is 49.5 Å². The first kappa shape index (κ1) is 18.5. The minimum Gasteiger partial charge on any atom is -0.466 e. The fourth-order valence-electron chi connectivity index (χ4n) is 1.70. The van der Waals surface area contributed by atoms with Gasteiger partial charge in [0.2, 0.25) is 0 Å². The molecule has 0 aliphatic carbocycles. The molecule has 24 heavy (non-hydrogen) atoms. The molecule has 1 aliphatic heterocycles. The summed E-state index contributed by atoms with van der Waals surface area (Å²) < 4.78 is 44.4. The second-order valence-electron chi connectivity index (χ2n) is 4.24. The molecular formula is C13H9Br2F2NO6. The number of carbonyl (C=O) groups is 2. The number of nitrogens with one attached hydrogen (secondary N) is 1. The predicted octanol–water partition coefficient (Wildman–Crippen LogP) is 3.17. The fraction of sp³-hybridized carbons (Fsp3) is 0.231. The highest BCUT2D eigenvalue weighted by atomic mass is 79.9. The lowest BCUT2D eigenvalue weighted by Crippen LogP contribution is -2.26. The van der Waals surface area contributed by atoms with Crippen molar-refractivity contribution in [3.05, 3.63) is 26.8 Å². The van der Waals surface area contributed by atoms with Gasteiger partial charge in [0, 0.05) is 10.5 Å². The molecule has 0 saturated heterocycles. The van der Waals surface area contributed by atoms with Crippen LogP contribution >= 0.6 is 31.9 Å².